The smallest absolute Gasteiger partial charge is 0.259 e. The van der Waals surface area contributed by atoms with Gasteiger partial charge in [0.15, 0.2) is 0 Å². The number of anilines is 1. The summed E-state index contributed by atoms with van der Waals surface area (Å²) in [4.78, 5) is 29.5. The number of hydrogen-bond donors (Lipinski definition) is 1. The number of nitrogens with zero attached hydrogens (tertiary/aromatic N) is 3. The molecule has 1 fully saturated rings. The second-order valence-electron chi connectivity index (χ2n) is 7.39. The second-order valence-corrected chi connectivity index (χ2v) is 7.39. The molecule has 0 radical (unpaired) electrons. The molecule has 1 unspecified atom stereocenters. The lowest BCUT2D eigenvalue weighted by molar-refractivity contribution is 0.0738. The van der Waals surface area contributed by atoms with Crippen LogP contribution in [0.1, 0.15) is 37.6 Å². The molecule has 28 heavy (non-hydrogen) atoms. The van der Waals surface area contributed by atoms with Crippen molar-refractivity contribution in [3.63, 3.8) is 0 Å². The number of amides is 1. The lowest BCUT2D eigenvalue weighted by Crippen LogP contribution is -2.44. The average molecular weight is 388 g/mol. The third-order valence-electron chi connectivity index (χ3n) is 5.75. The van der Waals surface area contributed by atoms with Crippen LogP contribution in [0.15, 0.2) is 23.1 Å². The second kappa shape index (κ2) is 8.31. The highest BCUT2D eigenvalue weighted by molar-refractivity contribution is 5.97. The Hall–Kier alpha value is -2.41. The van der Waals surface area contributed by atoms with Crippen LogP contribution in [0.5, 0.6) is 0 Å². The fraction of sp³-hybridized carbons (Fsp3) is 0.524. The van der Waals surface area contributed by atoms with Gasteiger partial charge in [0.2, 0.25) is 5.43 Å². The van der Waals surface area contributed by atoms with Crippen LogP contribution in [0.2, 0.25) is 0 Å². The molecule has 3 rings (SSSR count). The van der Waals surface area contributed by atoms with E-state index in [-0.39, 0.29) is 22.9 Å². The van der Waals surface area contributed by atoms with Gasteiger partial charge in [-0.15, -0.1) is 0 Å². The fourth-order valence-electron chi connectivity index (χ4n) is 3.63. The summed E-state index contributed by atoms with van der Waals surface area (Å²) in [5.74, 6) is -0.746. The first-order chi connectivity index (χ1) is 13.4. The SMILES string of the molecule is CCC(C)N(C)C(=O)c1cn(CC)c2cc(N3CCNCC3)c(F)cc2c1=O. The molecule has 7 heteroatoms. The van der Waals surface area contributed by atoms with Gasteiger partial charge in [0.05, 0.1) is 11.2 Å². The predicted octanol–water partition coefficient (Wildman–Crippen LogP) is 2.44. The van der Waals surface area contributed by atoms with Crippen LogP contribution < -0.4 is 15.6 Å². The van der Waals surface area contributed by atoms with Crippen molar-refractivity contribution in [2.24, 2.45) is 0 Å². The molecule has 1 aromatic heterocycles. The highest BCUT2D eigenvalue weighted by atomic mass is 19.1. The molecular formula is C21H29FN4O2. The van der Waals surface area contributed by atoms with Crippen molar-refractivity contribution in [3.8, 4) is 0 Å². The summed E-state index contributed by atoms with van der Waals surface area (Å²) in [6, 6.07) is 3.05. The number of carbonyl (C=O) groups is 1. The van der Waals surface area contributed by atoms with Gasteiger partial charge in [-0.2, -0.15) is 0 Å². The van der Waals surface area contributed by atoms with Crippen LogP contribution in [0, 0.1) is 5.82 Å². The molecule has 6 nitrogen and oxygen atoms in total. The Kier molecular flexibility index (Phi) is 6.03. The molecule has 1 amide bonds. The number of fused-ring (bicyclic) bond motifs is 1. The Balaban J connectivity index is 2.14. The quantitative estimate of drug-likeness (QED) is 0.855. The van der Waals surface area contributed by atoms with Gasteiger partial charge in [-0.3, -0.25) is 9.59 Å². The van der Waals surface area contributed by atoms with E-state index < -0.39 is 11.2 Å². The zero-order valence-corrected chi connectivity index (χ0v) is 17.1. The topological polar surface area (TPSA) is 57.6 Å². The van der Waals surface area contributed by atoms with E-state index in [0.717, 1.165) is 32.6 Å². The summed E-state index contributed by atoms with van der Waals surface area (Å²) >= 11 is 0. The lowest BCUT2D eigenvalue weighted by Gasteiger charge is -2.30. The maximum atomic E-state index is 14.9. The van der Waals surface area contributed by atoms with Crippen molar-refractivity contribution >= 4 is 22.5 Å². The summed E-state index contributed by atoms with van der Waals surface area (Å²) in [6.07, 6.45) is 2.41. The van der Waals surface area contributed by atoms with E-state index in [1.807, 2.05) is 30.2 Å². The van der Waals surface area contributed by atoms with Crippen molar-refractivity contribution < 1.29 is 9.18 Å². The monoisotopic (exact) mass is 388 g/mol. The number of aryl methyl sites for hydroxylation is 1. The number of benzene rings is 1. The number of halogens is 1. The molecule has 0 bridgehead atoms. The van der Waals surface area contributed by atoms with Crippen molar-refractivity contribution in [2.75, 3.05) is 38.1 Å². The van der Waals surface area contributed by atoms with Gasteiger partial charge >= 0.3 is 0 Å². The first kappa shape index (κ1) is 20.3. The summed E-state index contributed by atoms with van der Waals surface area (Å²) < 4.78 is 16.7. The van der Waals surface area contributed by atoms with Gasteiger partial charge in [-0.25, -0.2) is 4.39 Å². The van der Waals surface area contributed by atoms with Crippen LogP contribution in [-0.4, -0.2) is 54.6 Å². The molecule has 0 spiro atoms. The Labute approximate surface area is 164 Å². The Morgan fingerprint density at radius 3 is 2.57 bits per heavy atom. The van der Waals surface area contributed by atoms with Crippen molar-refractivity contribution in [3.05, 3.63) is 39.9 Å². The normalized spacial score (nSPS) is 15.7. The number of piperazine rings is 1. The van der Waals surface area contributed by atoms with E-state index in [9.17, 15) is 14.0 Å². The maximum Gasteiger partial charge on any atom is 0.259 e. The predicted molar refractivity (Wildman–Crippen MR) is 111 cm³/mol. The first-order valence-corrected chi connectivity index (χ1v) is 9.98. The number of aromatic nitrogens is 1. The van der Waals surface area contributed by atoms with Gasteiger partial charge in [0.25, 0.3) is 5.91 Å². The standard InChI is InChI=1S/C21H29FN4O2/c1-5-14(3)24(4)21(28)16-13-25(6-2)18-12-19(26-9-7-23-8-10-26)17(22)11-15(18)20(16)27/h11-14,23H,5-10H2,1-4H3. The molecule has 152 valence electrons. The fourth-order valence-corrected chi connectivity index (χ4v) is 3.63. The summed E-state index contributed by atoms with van der Waals surface area (Å²) in [5, 5.41) is 3.51. The molecule has 0 aliphatic carbocycles. The minimum Gasteiger partial charge on any atom is -0.367 e. The highest BCUT2D eigenvalue weighted by Gasteiger charge is 2.23. The minimum atomic E-state index is -0.422. The number of hydrogen-bond acceptors (Lipinski definition) is 4. The molecule has 2 aromatic rings. The summed E-state index contributed by atoms with van der Waals surface area (Å²) in [7, 11) is 1.70. The van der Waals surface area contributed by atoms with Gasteiger partial charge in [-0.1, -0.05) is 6.92 Å². The molecule has 2 heterocycles. The Morgan fingerprint density at radius 2 is 1.96 bits per heavy atom. The Bertz CT molecular complexity index is 934. The zero-order valence-electron chi connectivity index (χ0n) is 17.1. The van der Waals surface area contributed by atoms with E-state index in [0.29, 0.717) is 17.7 Å². The summed E-state index contributed by atoms with van der Waals surface area (Å²) in [6.45, 7) is 9.50. The van der Waals surface area contributed by atoms with E-state index in [1.165, 1.54) is 6.07 Å². The van der Waals surface area contributed by atoms with Crippen molar-refractivity contribution in [1.29, 1.82) is 0 Å². The van der Waals surface area contributed by atoms with Crippen molar-refractivity contribution in [1.82, 2.24) is 14.8 Å². The zero-order chi connectivity index (χ0) is 20.4. The third kappa shape index (κ3) is 3.63. The summed E-state index contributed by atoms with van der Waals surface area (Å²) in [5.41, 5.74) is 0.841. The van der Waals surface area contributed by atoms with E-state index in [1.54, 1.807) is 24.2 Å². The van der Waals surface area contributed by atoms with Gasteiger partial charge in [0, 0.05) is 57.4 Å². The minimum absolute atomic E-state index is 0.0181. The molecule has 1 aromatic carbocycles. The van der Waals surface area contributed by atoms with Gasteiger partial charge in [-0.05, 0) is 32.4 Å². The Morgan fingerprint density at radius 1 is 1.29 bits per heavy atom. The number of nitrogens with one attached hydrogen (secondary N) is 1. The van der Waals surface area contributed by atoms with Crippen LogP contribution in [0.25, 0.3) is 10.9 Å². The third-order valence-corrected chi connectivity index (χ3v) is 5.75. The van der Waals surface area contributed by atoms with Crippen LogP contribution in [-0.2, 0) is 6.54 Å². The van der Waals surface area contributed by atoms with E-state index >= 15 is 0 Å². The molecule has 1 N–H and O–H groups in total. The molecular weight excluding hydrogens is 359 g/mol. The van der Waals surface area contributed by atoms with Crippen LogP contribution in [0.4, 0.5) is 10.1 Å². The lowest BCUT2D eigenvalue weighted by atomic mass is 10.1. The number of carbonyl (C=O) groups excluding carboxylic acids is 1. The van der Waals surface area contributed by atoms with E-state index in [4.69, 9.17) is 0 Å². The van der Waals surface area contributed by atoms with E-state index in [2.05, 4.69) is 5.32 Å². The first-order valence-electron chi connectivity index (χ1n) is 9.98. The van der Waals surface area contributed by atoms with Gasteiger partial charge < -0.3 is 19.7 Å². The van der Waals surface area contributed by atoms with Gasteiger partial charge in [0.1, 0.15) is 11.4 Å². The molecule has 1 aliphatic heterocycles. The average Bonchev–Trinajstić information content (AvgIpc) is 2.73. The van der Waals surface area contributed by atoms with Crippen molar-refractivity contribution in [2.45, 2.75) is 39.8 Å². The largest absolute Gasteiger partial charge is 0.367 e. The van der Waals surface area contributed by atoms with Crippen LogP contribution in [0.3, 0.4) is 0 Å². The van der Waals surface area contributed by atoms with Crippen LogP contribution >= 0.6 is 0 Å². The molecule has 1 aliphatic rings. The molecule has 0 saturated carbocycles. The molecule has 1 atom stereocenters. The number of rotatable bonds is 5. The number of pyridine rings is 1. The maximum absolute atomic E-state index is 14.9. The molecule has 1 saturated heterocycles. The highest BCUT2D eigenvalue weighted by Crippen LogP contribution is 2.26.